The summed E-state index contributed by atoms with van der Waals surface area (Å²) >= 11 is 6.78. The van der Waals surface area contributed by atoms with Crippen LogP contribution in [0.4, 0.5) is 5.69 Å². The molecule has 0 radical (unpaired) electrons. The summed E-state index contributed by atoms with van der Waals surface area (Å²) in [4.78, 5) is 24.6. The van der Waals surface area contributed by atoms with Gasteiger partial charge in [-0.15, -0.1) is 0 Å². The Morgan fingerprint density at radius 1 is 1.29 bits per heavy atom. The second-order valence-corrected chi connectivity index (χ2v) is 17.0. The summed E-state index contributed by atoms with van der Waals surface area (Å²) in [6.45, 7) is 20.4. The number of carbonyl (C=O) groups is 1. The van der Waals surface area contributed by atoms with Crippen molar-refractivity contribution in [3.63, 3.8) is 0 Å². The lowest BCUT2D eigenvalue weighted by Gasteiger charge is -2.41. The number of halogens is 1. The maximum atomic E-state index is 13.3. The number of hydrogen-bond donors (Lipinski definition) is 0. The highest BCUT2D eigenvalue weighted by Gasteiger charge is 2.27. The van der Waals surface area contributed by atoms with E-state index in [-0.39, 0.29) is 11.9 Å². The first-order valence-corrected chi connectivity index (χ1v) is 16.5. The number of amides is 1. The lowest BCUT2D eigenvalue weighted by atomic mass is 10.1. The van der Waals surface area contributed by atoms with Gasteiger partial charge in [-0.2, -0.15) is 0 Å². The molecule has 1 aliphatic rings. The maximum absolute atomic E-state index is 13.3. The largest absolute Gasteiger partial charge is 0.365 e. The molecule has 1 atom stereocenters. The van der Waals surface area contributed by atoms with E-state index in [2.05, 4.69) is 49.4 Å². The van der Waals surface area contributed by atoms with Gasteiger partial charge in [-0.05, 0) is 45.5 Å². The summed E-state index contributed by atoms with van der Waals surface area (Å²) in [5.41, 5.74) is 2.61. The van der Waals surface area contributed by atoms with Crippen LogP contribution in [0.3, 0.4) is 0 Å². The molecule has 1 saturated heterocycles. The Kier molecular flexibility index (Phi) is 8.71. The van der Waals surface area contributed by atoms with Crippen LogP contribution in [0.1, 0.15) is 38.3 Å². The third-order valence-corrected chi connectivity index (χ3v) is 8.79. The van der Waals surface area contributed by atoms with E-state index in [0.717, 1.165) is 48.9 Å². The summed E-state index contributed by atoms with van der Waals surface area (Å²) in [6, 6.07) is 5.49. The van der Waals surface area contributed by atoms with Crippen molar-refractivity contribution in [2.45, 2.75) is 72.2 Å². The Morgan fingerprint density at radius 2 is 2.00 bits per heavy atom. The second kappa shape index (κ2) is 11.0. The van der Waals surface area contributed by atoms with E-state index >= 15 is 0 Å². The molecule has 1 amide bonds. The lowest BCUT2D eigenvalue weighted by molar-refractivity contribution is 0.0672. The first kappa shape index (κ1) is 27.0. The Balaban J connectivity index is 2.00. The molecule has 9 heteroatoms. The van der Waals surface area contributed by atoms with Gasteiger partial charge in [-0.3, -0.25) is 14.3 Å². The fourth-order valence-electron chi connectivity index (χ4n) is 4.25. The zero-order valence-electron chi connectivity index (χ0n) is 22.2. The number of nitrogens with zero attached hydrogens (tertiary/aromatic N) is 5. The van der Waals surface area contributed by atoms with Crippen LogP contribution in [0.5, 0.6) is 0 Å². The third-order valence-electron chi connectivity index (χ3n) is 6.79. The summed E-state index contributed by atoms with van der Waals surface area (Å²) < 4.78 is 8.02. The first-order valence-electron chi connectivity index (χ1n) is 12.5. The van der Waals surface area contributed by atoms with Crippen molar-refractivity contribution in [1.29, 1.82) is 0 Å². The van der Waals surface area contributed by atoms with Crippen LogP contribution in [-0.4, -0.2) is 85.2 Å². The maximum Gasteiger partial charge on any atom is 0.289 e. The van der Waals surface area contributed by atoms with Gasteiger partial charge in [0.2, 0.25) is 5.82 Å². The summed E-state index contributed by atoms with van der Waals surface area (Å²) in [6.07, 6.45) is 0. The molecule has 2 aromatic rings. The van der Waals surface area contributed by atoms with Crippen molar-refractivity contribution in [2.75, 3.05) is 44.7 Å². The highest BCUT2D eigenvalue weighted by atomic mass is 35.5. The quantitative estimate of drug-likeness (QED) is 0.352. The molecule has 7 nitrogen and oxygen atoms in total. The van der Waals surface area contributed by atoms with Gasteiger partial charge in [0.05, 0.1) is 21.7 Å². The molecule has 1 aromatic heterocycles. The van der Waals surface area contributed by atoms with Gasteiger partial charge >= 0.3 is 0 Å². The van der Waals surface area contributed by atoms with Crippen molar-refractivity contribution < 1.29 is 9.53 Å². The fraction of sp³-hybridized carbons (Fsp3) is 0.680. The van der Waals surface area contributed by atoms with Crippen LogP contribution in [0, 0.1) is 0 Å². The van der Waals surface area contributed by atoms with Crippen molar-refractivity contribution in [2.24, 2.45) is 0 Å². The van der Waals surface area contributed by atoms with Gasteiger partial charge in [0.25, 0.3) is 5.91 Å². The van der Waals surface area contributed by atoms with E-state index in [1.807, 2.05) is 31.5 Å². The van der Waals surface area contributed by atoms with Crippen LogP contribution in [-0.2, 0) is 11.5 Å². The number of aromatic nitrogens is 2. The molecule has 0 bridgehead atoms. The van der Waals surface area contributed by atoms with E-state index in [1.54, 1.807) is 4.90 Å². The van der Waals surface area contributed by atoms with E-state index in [0.29, 0.717) is 30.2 Å². The molecular formula is C25H42ClN5O2Si. The highest BCUT2D eigenvalue weighted by molar-refractivity contribution is 6.76. The van der Waals surface area contributed by atoms with Gasteiger partial charge < -0.3 is 14.5 Å². The molecule has 0 spiro atoms. The molecule has 1 aliphatic heterocycles. The number of hydrogen-bond acceptors (Lipinski definition) is 5. The van der Waals surface area contributed by atoms with Gasteiger partial charge in [0, 0.05) is 53.4 Å². The molecule has 0 saturated carbocycles. The average Bonchev–Trinajstić information content (AvgIpc) is 3.11. The van der Waals surface area contributed by atoms with Gasteiger partial charge in [0.1, 0.15) is 6.73 Å². The van der Waals surface area contributed by atoms with Crippen LogP contribution in [0.15, 0.2) is 12.1 Å². The zero-order chi connectivity index (χ0) is 25.2. The van der Waals surface area contributed by atoms with Crippen molar-refractivity contribution in [3.8, 4) is 0 Å². The van der Waals surface area contributed by atoms with E-state index < -0.39 is 8.07 Å². The molecule has 3 rings (SSSR count). The zero-order valence-corrected chi connectivity index (χ0v) is 23.9. The molecular weight excluding hydrogens is 466 g/mol. The normalized spacial score (nSPS) is 17.7. The molecule has 1 unspecified atom stereocenters. The van der Waals surface area contributed by atoms with Crippen LogP contribution in [0.2, 0.25) is 30.7 Å². The predicted octanol–water partition coefficient (Wildman–Crippen LogP) is 5.01. The lowest BCUT2D eigenvalue weighted by Crippen LogP contribution is -2.51. The number of ether oxygens (including phenoxy) is 1. The summed E-state index contributed by atoms with van der Waals surface area (Å²) in [5.74, 6) is 0.291. The Labute approximate surface area is 211 Å². The van der Waals surface area contributed by atoms with E-state index in [1.165, 1.54) is 0 Å². The first-order chi connectivity index (χ1) is 15.9. The number of fused-ring (bicyclic) bond motifs is 1. The van der Waals surface area contributed by atoms with Crippen LogP contribution >= 0.6 is 11.6 Å². The molecule has 2 heterocycles. The Bertz CT molecular complexity index is 1000. The molecule has 0 aliphatic carbocycles. The standard InChI is InChI=1S/C25H42ClN5O2Si/c1-9-29-10-11-30(19(4)16-29)22-15-23-21(14-20(22)26)27-24(25(32)28(5)18(2)3)31(23)17-33-12-13-34(6,7)8/h14-15,18-19H,9-13,16-17H2,1-8H3. The number of anilines is 1. The number of likely N-dealkylation sites (N-methyl/N-ethyl adjacent to an activating group) is 1. The molecule has 34 heavy (non-hydrogen) atoms. The minimum absolute atomic E-state index is 0.0726. The predicted molar refractivity (Wildman–Crippen MR) is 145 cm³/mol. The molecule has 1 aromatic carbocycles. The minimum Gasteiger partial charge on any atom is -0.365 e. The SMILES string of the molecule is CCN1CCN(c2cc3c(cc2Cl)nc(C(=O)N(C)C(C)C)n3COCC[Si](C)(C)C)C(C)C1. The average molecular weight is 508 g/mol. The summed E-state index contributed by atoms with van der Waals surface area (Å²) in [5, 5.41) is 0.671. The van der Waals surface area contributed by atoms with Crippen LogP contribution in [0.25, 0.3) is 11.0 Å². The monoisotopic (exact) mass is 507 g/mol. The molecule has 0 N–H and O–H groups in total. The van der Waals surface area contributed by atoms with E-state index in [4.69, 9.17) is 21.3 Å². The van der Waals surface area contributed by atoms with Crippen molar-refractivity contribution >= 4 is 42.3 Å². The highest BCUT2D eigenvalue weighted by Crippen LogP contribution is 2.34. The van der Waals surface area contributed by atoms with Gasteiger partial charge in [-0.25, -0.2) is 4.98 Å². The topological polar surface area (TPSA) is 53.8 Å². The Morgan fingerprint density at radius 3 is 2.59 bits per heavy atom. The fourth-order valence-corrected chi connectivity index (χ4v) is 5.28. The second-order valence-electron chi connectivity index (χ2n) is 10.9. The number of piperazine rings is 1. The number of carbonyl (C=O) groups excluding carboxylic acids is 1. The van der Waals surface area contributed by atoms with E-state index in [9.17, 15) is 4.79 Å². The minimum atomic E-state index is -1.21. The molecule has 190 valence electrons. The third kappa shape index (κ3) is 6.14. The van der Waals surface area contributed by atoms with Crippen molar-refractivity contribution in [3.05, 3.63) is 23.0 Å². The number of imidazole rings is 1. The Hall–Kier alpha value is -1.61. The number of benzene rings is 1. The van der Waals surface area contributed by atoms with Crippen LogP contribution < -0.4 is 4.90 Å². The smallest absolute Gasteiger partial charge is 0.289 e. The van der Waals surface area contributed by atoms with Gasteiger partial charge in [0.15, 0.2) is 0 Å². The van der Waals surface area contributed by atoms with Crippen molar-refractivity contribution in [1.82, 2.24) is 19.4 Å². The summed E-state index contributed by atoms with van der Waals surface area (Å²) in [7, 11) is 0.606. The van der Waals surface area contributed by atoms with Gasteiger partial charge in [-0.1, -0.05) is 38.2 Å². The molecule has 1 fully saturated rings. The number of rotatable bonds is 9.